The van der Waals surface area contributed by atoms with Gasteiger partial charge in [-0.2, -0.15) is 0 Å². The molecule has 1 saturated heterocycles. The molecule has 0 spiro atoms. The predicted octanol–water partition coefficient (Wildman–Crippen LogP) is 7.76. The van der Waals surface area contributed by atoms with E-state index < -0.39 is 17.1 Å². The topological polar surface area (TPSA) is 84.9 Å². The lowest BCUT2D eigenvalue weighted by Gasteiger charge is -2.17. The molecule has 3 aromatic carbocycles. The SMILES string of the molecule is C=CCc1cc(/C=C2\SC(=O)N(CC(=O)Nc3c(C)cc(C)cc3C)C2=O)cc(OCC)c1OCc1ccc(Br)cc1. The van der Waals surface area contributed by atoms with Crippen LogP contribution in [0.25, 0.3) is 6.08 Å². The molecule has 1 fully saturated rings. The number of imide groups is 1. The highest BCUT2D eigenvalue weighted by atomic mass is 79.9. The van der Waals surface area contributed by atoms with Crippen LogP contribution in [0.15, 0.2) is 70.6 Å². The maximum Gasteiger partial charge on any atom is 0.294 e. The number of anilines is 1. The second-order valence-corrected chi connectivity index (χ2v) is 11.8. The van der Waals surface area contributed by atoms with Crippen molar-refractivity contribution in [1.29, 1.82) is 0 Å². The Balaban J connectivity index is 1.55. The summed E-state index contributed by atoms with van der Waals surface area (Å²) in [6.07, 6.45) is 3.92. The highest BCUT2D eigenvalue weighted by Crippen LogP contribution is 2.38. The Labute approximate surface area is 259 Å². The summed E-state index contributed by atoms with van der Waals surface area (Å²) in [4.78, 5) is 40.0. The average Bonchev–Trinajstić information content (AvgIpc) is 3.18. The summed E-state index contributed by atoms with van der Waals surface area (Å²) in [6.45, 7) is 12.0. The van der Waals surface area contributed by atoms with Crippen molar-refractivity contribution in [1.82, 2.24) is 4.90 Å². The van der Waals surface area contributed by atoms with Crippen molar-refractivity contribution < 1.29 is 23.9 Å². The van der Waals surface area contributed by atoms with Gasteiger partial charge in [0, 0.05) is 15.7 Å². The number of nitrogens with one attached hydrogen (secondary N) is 1. The van der Waals surface area contributed by atoms with E-state index in [2.05, 4.69) is 27.8 Å². The van der Waals surface area contributed by atoms with Crippen LogP contribution in [-0.4, -0.2) is 35.1 Å². The molecule has 0 bridgehead atoms. The molecule has 1 heterocycles. The van der Waals surface area contributed by atoms with Gasteiger partial charge in [-0.3, -0.25) is 19.3 Å². The molecule has 0 unspecified atom stereocenters. The van der Waals surface area contributed by atoms with Gasteiger partial charge in [0.15, 0.2) is 11.5 Å². The Bertz CT molecular complexity index is 1540. The van der Waals surface area contributed by atoms with Crippen LogP contribution in [-0.2, 0) is 22.6 Å². The number of hydrogen-bond donors (Lipinski definition) is 1. The molecule has 3 amide bonds. The van der Waals surface area contributed by atoms with E-state index in [1.165, 1.54) is 0 Å². The fourth-order valence-electron chi connectivity index (χ4n) is 4.72. The largest absolute Gasteiger partial charge is 0.490 e. The van der Waals surface area contributed by atoms with E-state index in [1.807, 2.05) is 70.2 Å². The Kier molecular flexibility index (Phi) is 10.3. The zero-order valence-electron chi connectivity index (χ0n) is 24.1. The Morgan fingerprint density at radius 1 is 1.05 bits per heavy atom. The van der Waals surface area contributed by atoms with Crippen LogP contribution in [0.2, 0.25) is 0 Å². The number of hydrogen-bond acceptors (Lipinski definition) is 6. The molecule has 0 aromatic heterocycles. The number of ether oxygens (including phenoxy) is 2. The molecule has 3 aromatic rings. The third-order valence-electron chi connectivity index (χ3n) is 6.53. The summed E-state index contributed by atoms with van der Waals surface area (Å²) in [5.74, 6) is 0.176. The number of benzene rings is 3. The van der Waals surface area contributed by atoms with Crippen LogP contribution in [0, 0.1) is 20.8 Å². The van der Waals surface area contributed by atoms with Gasteiger partial charge in [-0.15, -0.1) is 6.58 Å². The molecule has 0 saturated carbocycles. The number of rotatable bonds is 11. The van der Waals surface area contributed by atoms with Crippen molar-refractivity contribution in [2.24, 2.45) is 0 Å². The minimum atomic E-state index is -0.517. The van der Waals surface area contributed by atoms with Crippen molar-refractivity contribution in [3.8, 4) is 11.5 Å². The highest BCUT2D eigenvalue weighted by Gasteiger charge is 2.36. The Morgan fingerprint density at radius 2 is 1.74 bits per heavy atom. The first kappa shape index (κ1) is 31.1. The van der Waals surface area contributed by atoms with Crippen LogP contribution in [0.3, 0.4) is 0 Å². The van der Waals surface area contributed by atoms with E-state index in [9.17, 15) is 14.4 Å². The number of thioether (sulfide) groups is 1. The second kappa shape index (κ2) is 13.9. The molecule has 1 N–H and O–H groups in total. The van der Waals surface area contributed by atoms with Gasteiger partial charge in [-0.05, 0) is 98.5 Å². The van der Waals surface area contributed by atoms with Gasteiger partial charge < -0.3 is 14.8 Å². The lowest BCUT2D eigenvalue weighted by Crippen LogP contribution is -2.36. The van der Waals surface area contributed by atoms with Crippen molar-refractivity contribution in [2.45, 2.75) is 40.7 Å². The van der Waals surface area contributed by atoms with Crippen molar-refractivity contribution in [3.05, 3.63) is 104 Å². The van der Waals surface area contributed by atoms with Gasteiger partial charge in [0.25, 0.3) is 11.1 Å². The lowest BCUT2D eigenvalue weighted by molar-refractivity contribution is -0.127. The van der Waals surface area contributed by atoms with Gasteiger partial charge in [0.1, 0.15) is 13.2 Å². The fourth-order valence-corrected chi connectivity index (χ4v) is 5.83. The van der Waals surface area contributed by atoms with Crippen LogP contribution < -0.4 is 14.8 Å². The molecular formula is C33H33BrN2O5S. The molecule has 4 rings (SSSR count). The molecule has 0 atom stereocenters. The van der Waals surface area contributed by atoms with E-state index in [1.54, 1.807) is 18.2 Å². The quantitative estimate of drug-likeness (QED) is 0.169. The maximum absolute atomic E-state index is 13.2. The van der Waals surface area contributed by atoms with E-state index in [0.717, 1.165) is 49.0 Å². The molecule has 9 heteroatoms. The molecule has 218 valence electrons. The molecule has 0 radical (unpaired) electrons. The Morgan fingerprint density at radius 3 is 2.38 bits per heavy atom. The summed E-state index contributed by atoms with van der Waals surface area (Å²) < 4.78 is 13.1. The molecule has 0 aliphatic carbocycles. The number of allylic oxidation sites excluding steroid dienone is 1. The van der Waals surface area contributed by atoms with E-state index >= 15 is 0 Å². The predicted molar refractivity (Wildman–Crippen MR) is 172 cm³/mol. The third kappa shape index (κ3) is 7.52. The highest BCUT2D eigenvalue weighted by molar-refractivity contribution is 9.10. The third-order valence-corrected chi connectivity index (χ3v) is 7.97. The normalized spacial score (nSPS) is 13.9. The number of halogens is 1. The van der Waals surface area contributed by atoms with Crippen molar-refractivity contribution >= 4 is 56.5 Å². The van der Waals surface area contributed by atoms with Crippen LogP contribution in [0.1, 0.15) is 40.3 Å². The van der Waals surface area contributed by atoms with E-state index in [4.69, 9.17) is 9.47 Å². The number of nitrogens with zero attached hydrogens (tertiary/aromatic N) is 1. The minimum Gasteiger partial charge on any atom is -0.490 e. The van der Waals surface area contributed by atoms with E-state index in [0.29, 0.717) is 42.4 Å². The molecule has 7 nitrogen and oxygen atoms in total. The molecule has 1 aliphatic rings. The first-order valence-electron chi connectivity index (χ1n) is 13.5. The van der Waals surface area contributed by atoms with Gasteiger partial charge in [0.05, 0.1) is 11.5 Å². The summed E-state index contributed by atoms with van der Waals surface area (Å²) in [5.41, 5.74) is 6.12. The van der Waals surface area contributed by atoms with Crippen LogP contribution in [0.4, 0.5) is 10.5 Å². The van der Waals surface area contributed by atoms with E-state index in [-0.39, 0.29) is 11.4 Å². The standard InChI is InChI=1S/C33H33BrN2O5S/c1-6-8-25-15-24(16-27(40-7-2)31(25)41-19-23-9-11-26(34)12-10-23)17-28-32(38)36(33(39)42-28)18-29(37)35-30-21(4)13-20(3)14-22(30)5/h6,9-17H,1,7-8,18-19H2,2-5H3,(H,35,37)/b28-17-. The minimum absolute atomic E-state index is 0.228. The summed E-state index contributed by atoms with van der Waals surface area (Å²) in [7, 11) is 0. The fraction of sp³-hybridized carbons (Fsp3) is 0.242. The average molecular weight is 650 g/mol. The first-order valence-corrected chi connectivity index (χ1v) is 15.1. The first-order chi connectivity index (χ1) is 20.1. The zero-order chi connectivity index (χ0) is 30.4. The van der Waals surface area contributed by atoms with Gasteiger partial charge in [-0.1, -0.05) is 51.8 Å². The maximum atomic E-state index is 13.2. The molecule has 1 aliphatic heterocycles. The summed E-state index contributed by atoms with van der Waals surface area (Å²) >= 11 is 4.25. The second-order valence-electron chi connectivity index (χ2n) is 9.94. The van der Waals surface area contributed by atoms with Gasteiger partial charge in [0.2, 0.25) is 5.91 Å². The van der Waals surface area contributed by atoms with Crippen LogP contribution >= 0.6 is 27.7 Å². The smallest absolute Gasteiger partial charge is 0.294 e. The lowest BCUT2D eigenvalue weighted by atomic mass is 10.0. The van der Waals surface area contributed by atoms with Crippen LogP contribution in [0.5, 0.6) is 11.5 Å². The zero-order valence-corrected chi connectivity index (χ0v) is 26.5. The Hall–Kier alpha value is -3.82. The van der Waals surface area contributed by atoms with Gasteiger partial charge >= 0.3 is 0 Å². The number of aryl methyl sites for hydroxylation is 3. The summed E-state index contributed by atoms with van der Waals surface area (Å²) in [5, 5.41) is 2.36. The number of amides is 3. The monoisotopic (exact) mass is 648 g/mol. The summed E-state index contributed by atoms with van der Waals surface area (Å²) in [6, 6.07) is 15.5. The van der Waals surface area contributed by atoms with Crippen molar-refractivity contribution in [2.75, 3.05) is 18.5 Å². The molecule has 42 heavy (non-hydrogen) atoms. The molecular weight excluding hydrogens is 616 g/mol. The number of carbonyl (C=O) groups is 3. The number of carbonyl (C=O) groups excluding carboxylic acids is 3. The van der Waals surface area contributed by atoms with Crippen molar-refractivity contribution in [3.63, 3.8) is 0 Å². The van der Waals surface area contributed by atoms with Gasteiger partial charge in [-0.25, -0.2) is 0 Å².